The summed E-state index contributed by atoms with van der Waals surface area (Å²) in [4.78, 5) is 6.78. The number of nitrogens with zero attached hydrogens (tertiary/aromatic N) is 3. The van der Waals surface area contributed by atoms with Gasteiger partial charge in [0.1, 0.15) is 0 Å². The molecular weight excluding hydrogens is 232 g/mol. The van der Waals surface area contributed by atoms with Crippen molar-refractivity contribution in [1.29, 1.82) is 0 Å². The molecule has 0 amide bonds. The lowest BCUT2D eigenvalue weighted by Gasteiger charge is -2.25. The van der Waals surface area contributed by atoms with E-state index in [9.17, 15) is 0 Å². The van der Waals surface area contributed by atoms with Gasteiger partial charge in [0, 0.05) is 32.5 Å². The molecule has 18 heavy (non-hydrogen) atoms. The third-order valence-electron chi connectivity index (χ3n) is 3.08. The zero-order chi connectivity index (χ0) is 12.6. The van der Waals surface area contributed by atoms with Gasteiger partial charge in [-0.2, -0.15) is 4.98 Å². The Labute approximate surface area is 108 Å². The summed E-state index contributed by atoms with van der Waals surface area (Å²) in [5.41, 5.74) is 0. The summed E-state index contributed by atoms with van der Waals surface area (Å²) < 4.78 is 10.5. The number of nitrogens with one attached hydrogen (secondary N) is 1. The van der Waals surface area contributed by atoms with Crippen LogP contribution in [-0.4, -0.2) is 61.5 Å². The molecule has 1 aliphatic heterocycles. The average molecular weight is 254 g/mol. The zero-order valence-electron chi connectivity index (χ0n) is 11.0. The van der Waals surface area contributed by atoms with Gasteiger partial charge in [-0.15, -0.1) is 0 Å². The van der Waals surface area contributed by atoms with E-state index in [2.05, 4.69) is 20.4 Å². The van der Waals surface area contributed by atoms with Gasteiger partial charge in [-0.05, 0) is 20.0 Å². The Balaban J connectivity index is 1.69. The molecule has 1 aliphatic rings. The van der Waals surface area contributed by atoms with E-state index in [-0.39, 0.29) is 0 Å². The molecule has 1 aromatic rings. The molecule has 0 radical (unpaired) electrons. The number of aryl methyl sites for hydroxylation is 1. The summed E-state index contributed by atoms with van der Waals surface area (Å²) in [6.45, 7) is 5.65. The molecule has 1 fully saturated rings. The molecule has 1 aromatic heterocycles. The number of morpholine rings is 1. The molecule has 0 atom stereocenters. The van der Waals surface area contributed by atoms with Gasteiger partial charge < -0.3 is 14.6 Å². The maximum Gasteiger partial charge on any atom is 0.226 e. The largest absolute Gasteiger partial charge is 0.379 e. The van der Waals surface area contributed by atoms with Crippen molar-refractivity contribution in [3.63, 3.8) is 0 Å². The van der Waals surface area contributed by atoms with Gasteiger partial charge in [0.05, 0.1) is 13.2 Å². The normalized spacial score (nSPS) is 17.2. The van der Waals surface area contributed by atoms with Crippen LogP contribution in [0, 0.1) is 0 Å². The highest BCUT2D eigenvalue weighted by Crippen LogP contribution is 2.03. The van der Waals surface area contributed by atoms with Crippen LogP contribution in [0.1, 0.15) is 18.1 Å². The lowest BCUT2D eigenvalue weighted by Crippen LogP contribution is -2.37. The number of hydrogen-bond acceptors (Lipinski definition) is 6. The molecule has 0 aliphatic carbocycles. The Morgan fingerprint density at radius 3 is 2.89 bits per heavy atom. The second-order valence-corrected chi connectivity index (χ2v) is 4.52. The van der Waals surface area contributed by atoms with Crippen LogP contribution in [0.5, 0.6) is 0 Å². The lowest BCUT2D eigenvalue weighted by molar-refractivity contribution is 0.0381. The molecule has 0 unspecified atom stereocenters. The maximum absolute atomic E-state index is 5.31. The Morgan fingerprint density at radius 1 is 1.28 bits per heavy atom. The topological polar surface area (TPSA) is 63.4 Å². The molecule has 1 N–H and O–H groups in total. The van der Waals surface area contributed by atoms with Crippen molar-refractivity contribution >= 4 is 0 Å². The number of ether oxygens (including phenoxy) is 1. The summed E-state index contributed by atoms with van der Waals surface area (Å²) in [6.07, 6.45) is 2.74. The maximum atomic E-state index is 5.31. The molecular formula is C12H22N4O2. The SMILES string of the molecule is CNCCCc1nc(CCN2CCOCC2)no1. The van der Waals surface area contributed by atoms with Crippen LogP contribution in [0.4, 0.5) is 0 Å². The summed E-state index contributed by atoms with van der Waals surface area (Å²) in [5, 5.41) is 7.12. The van der Waals surface area contributed by atoms with Crippen LogP contribution in [0.15, 0.2) is 4.52 Å². The fourth-order valence-electron chi connectivity index (χ4n) is 1.99. The molecule has 0 spiro atoms. The molecule has 0 aromatic carbocycles. The van der Waals surface area contributed by atoms with Crippen LogP contribution in [-0.2, 0) is 17.6 Å². The fraction of sp³-hybridized carbons (Fsp3) is 0.833. The van der Waals surface area contributed by atoms with E-state index in [1.165, 1.54) is 0 Å². The molecule has 6 heteroatoms. The van der Waals surface area contributed by atoms with Crippen LogP contribution < -0.4 is 5.32 Å². The highest BCUT2D eigenvalue weighted by atomic mass is 16.5. The Hall–Kier alpha value is -0.980. The third kappa shape index (κ3) is 4.36. The first kappa shape index (κ1) is 13.5. The fourth-order valence-corrected chi connectivity index (χ4v) is 1.99. The Kier molecular flexibility index (Phi) is 5.57. The number of hydrogen-bond donors (Lipinski definition) is 1. The summed E-state index contributed by atoms with van der Waals surface area (Å²) in [5.74, 6) is 1.57. The monoisotopic (exact) mass is 254 g/mol. The van der Waals surface area contributed by atoms with Crippen molar-refractivity contribution in [3.8, 4) is 0 Å². The first-order valence-corrected chi connectivity index (χ1v) is 6.64. The summed E-state index contributed by atoms with van der Waals surface area (Å²) in [6, 6.07) is 0. The van der Waals surface area contributed by atoms with E-state index in [1.807, 2.05) is 7.05 Å². The van der Waals surface area contributed by atoms with Crippen LogP contribution in [0.3, 0.4) is 0 Å². The minimum atomic E-state index is 0.752. The smallest absolute Gasteiger partial charge is 0.226 e. The zero-order valence-corrected chi connectivity index (χ0v) is 11.0. The van der Waals surface area contributed by atoms with Gasteiger partial charge in [-0.25, -0.2) is 0 Å². The van der Waals surface area contributed by atoms with Crippen molar-refractivity contribution in [2.45, 2.75) is 19.3 Å². The quantitative estimate of drug-likeness (QED) is 0.696. The predicted molar refractivity (Wildman–Crippen MR) is 67.5 cm³/mol. The van der Waals surface area contributed by atoms with E-state index in [0.717, 1.165) is 70.4 Å². The van der Waals surface area contributed by atoms with Crippen molar-refractivity contribution in [2.24, 2.45) is 0 Å². The Bertz CT molecular complexity index is 337. The first-order chi connectivity index (χ1) is 8.88. The van der Waals surface area contributed by atoms with Gasteiger partial charge in [0.15, 0.2) is 5.82 Å². The molecule has 1 saturated heterocycles. The summed E-state index contributed by atoms with van der Waals surface area (Å²) >= 11 is 0. The predicted octanol–water partition coefficient (Wildman–Crippen LogP) is 0.0963. The van der Waals surface area contributed by atoms with Gasteiger partial charge in [-0.3, -0.25) is 4.90 Å². The molecule has 0 bridgehead atoms. The van der Waals surface area contributed by atoms with Crippen LogP contribution in [0.2, 0.25) is 0 Å². The van der Waals surface area contributed by atoms with Gasteiger partial charge in [0.25, 0.3) is 0 Å². The minimum absolute atomic E-state index is 0.752. The van der Waals surface area contributed by atoms with Crippen molar-refractivity contribution in [1.82, 2.24) is 20.4 Å². The molecule has 2 rings (SSSR count). The highest BCUT2D eigenvalue weighted by Gasteiger charge is 2.12. The first-order valence-electron chi connectivity index (χ1n) is 6.64. The second-order valence-electron chi connectivity index (χ2n) is 4.52. The lowest BCUT2D eigenvalue weighted by atomic mass is 10.3. The average Bonchev–Trinajstić information content (AvgIpc) is 2.86. The van der Waals surface area contributed by atoms with Gasteiger partial charge in [0.2, 0.25) is 5.89 Å². The second kappa shape index (κ2) is 7.45. The van der Waals surface area contributed by atoms with Crippen molar-refractivity contribution < 1.29 is 9.26 Å². The van der Waals surface area contributed by atoms with E-state index in [0.29, 0.717) is 0 Å². The Morgan fingerprint density at radius 2 is 2.11 bits per heavy atom. The molecule has 2 heterocycles. The van der Waals surface area contributed by atoms with Crippen molar-refractivity contribution in [2.75, 3.05) is 46.4 Å². The van der Waals surface area contributed by atoms with Gasteiger partial charge >= 0.3 is 0 Å². The highest BCUT2D eigenvalue weighted by molar-refractivity contribution is 4.87. The molecule has 102 valence electrons. The van der Waals surface area contributed by atoms with Crippen LogP contribution in [0.25, 0.3) is 0 Å². The van der Waals surface area contributed by atoms with Crippen molar-refractivity contribution in [3.05, 3.63) is 11.7 Å². The third-order valence-corrected chi connectivity index (χ3v) is 3.08. The van der Waals surface area contributed by atoms with Gasteiger partial charge in [-0.1, -0.05) is 5.16 Å². The van der Waals surface area contributed by atoms with E-state index in [4.69, 9.17) is 9.26 Å². The number of aromatic nitrogens is 2. The van der Waals surface area contributed by atoms with E-state index in [1.54, 1.807) is 0 Å². The van der Waals surface area contributed by atoms with E-state index >= 15 is 0 Å². The molecule has 6 nitrogen and oxygen atoms in total. The van der Waals surface area contributed by atoms with E-state index < -0.39 is 0 Å². The summed E-state index contributed by atoms with van der Waals surface area (Å²) in [7, 11) is 1.95. The minimum Gasteiger partial charge on any atom is -0.379 e. The number of rotatable bonds is 7. The van der Waals surface area contributed by atoms with Crippen LogP contribution >= 0.6 is 0 Å². The molecule has 0 saturated carbocycles. The standard InChI is InChI=1S/C12H22N4O2/c1-13-5-2-3-12-14-11(15-18-12)4-6-16-7-9-17-10-8-16/h13H,2-10H2,1H3.